The second-order valence-corrected chi connectivity index (χ2v) is 6.56. The summed E-state index contributed by atoms with van der Waals surface area (Å²) >= 11 is 0. The first-order chi connectivity index (χ1) is 8.99. The zero-order chi connectivity index (χ0) is 13.9. The van der Waals surface area contributed by atoms with Gasteiger partial charge in [-0.25, -0.2) is 0 Å². The zero-order valence-electron chi connectivity index (χ0n) is 12.2. The van der Waals surface area contributed by atoms with Gasteiger partial charge < -0.3 is 9.84 Å². The Bertz CT molecular complexity index is 309. The third-order valence-corrected chi connectivity index (χ3v) is 4.49. The van der Waals surface area contributed by atoms with Gasteiger partial charge in [-0.3, -0.25) is 10.1 Å². The van der Waals surface area contributed by atoms with E-state index in [9.17, 15) is 9.90 Å². The van der Waals surface area contributed by atoms with Crippen LogP contribution in [0.5, 0.6) is 0 Å². The van der Waals surface area contributed by atoms with E-state index in [1.165, 1.54) is 12.8 Å². The molecule has 0 amide bonds. The van der Waals surface area contributed by atoms with Crippen molar-refractivity contribution in [2.45, 2.75) is 76.5 Å². The molecular formula is C15H27NO3. The molecule has 2 fully saturated rings. The molecule has 0 saturated heterocycles. The summed E-state index contributed by atoms with van der Waals surface area (Å²) in [7, 11) is 0. The van der Waals surface area contributed by atoms with E-state index in [-0.39, 0.29) is 0 Å². The maximum Gasteiger partial charge on any atom is 0.323 e. The predicted octanol–water partition coefficient (Wildman–Crippen LogP) is 2.57. The van der Waals surface area contributed by atoms with Gasteiger partial charge in [-0.05, 0) is 57.8 Å². The minimum atomic E-state index is -0.830. The van der Waals surface area contributed by atoms with Crippen LogP contribution in [-0.4, -0.2) is 35.4 Å². The number of carboxylic acid groups (broad SMARTS) is 1. The Labute approximate surface area is 115 Å². The van der Waals surface area contributed by atoms with Crippen molar-refractivity contribution in [3.63, 3.8) is 0 Å². The number of carboxylic acids is 1. The molecule has 2 N–H and O–H groups in total. The van der Waals surface area contributed by atoms with E-state index in [0.717, 1.165) is 31.6 Å². The van der Waals surface area contributed by atoms with E-state index in [0.29, 0.717) is 25.2 Å². The summed E-state index contributed by atoms with van der Waals surface area (Å²) in [6, 6.07) is 0.400. The maximum absolute atomic E-state index is 11.4. The predicted molar refractivity (Wildman–Crippen MR) is 74.2 cm³/mol. The average Bonchev–Trinajstić information content (AvgIpc) is 3.15. The monoisotopic (exact) mass is 269 g/mol. The number of hydrogen-bond acceptors (Lipinski definition) is 3. The Morgan fingerprint density at radius 1 is 1.26 bits per heavy atom. The molecule has 19 heavy (non-hydrogen) atoms. The number of hydrogen-bond donors (Lipinski definition) is 2. The smallest absolute Gasteiger partial charge is 0.323 e. The molecule has 2 aliphatic carbocycles. The molecule has 0 aromatic heterocycles. The van der Waals surface area contributed by atoms with Crippen LogP contribution in [0.3, 0.4) is 0 Å². The molecular weight excluding hydrogens is 242 g/mol. The molecule has 1 unspecified atom stereocenters. The third kappa shape index (κ3) is 4.46. The van der Waals surface area contributed by atoms with Gasteiger partial charge in [0.05, 0.1) is 6.10 Å². The molecule has 0 bridgehead atoms. The van der Waals surface area contributed by atoms with Gasteiger partial charge in [-0.1, -0.05) is 6.92 Å². The molecule has 0 spiro atoms. The average molecular weight is 269 g/mol. The highest BCUT2D eigenvalue weighted by Crippen LogP contribution is 2.27. The van der Waals surface area contributed by atoms with Gasteiger partial charge in [0.2, 0.25) is 0 Å². The van der Waals surface area contributed by atoms with E-state index < -0.39 is 11.5 Å². The molecule has 4 nitrogen and oxygen atoms in total. The van der Waals surface area contributed by atoms with E-state index in [2.05, 4.69) is 12.2 Å². The number of carbonyl (C=O) groups is 1. The van der Waals surface area contributed by atoms with Crippen LogP contribution in [0.2, 0.25) is 0 Å². The maximum atomic E-state index is 11.4. The second kappa shape index (κ2) is 6.23. The summed E-state index contributed by atoms with van der Waals surface area (Å²) < 4.78 is 5.88. The van der Waals surface area contributed by atoms with Crippen LogP contribution in [0.1, 0.15) is 58.8 Å². The highest BCUT2D eigenvalue weighted by molar-refractivity contribution is 5.78. The van der Waals surface area contributed by atoms with Crippen LogP contribution in [0.4, 0.5) is 0 Å². The summed E-state index contributed by atoms with van der Waals surface area (Å²) in [6.07, 6.45) is 7.82. The largest absolute Gasteiger partial charge is 0.480 e. The van der Waals surface area contributed by atoms with Crippen LogP contribution in [0.15, 0.2) is 0 Å². The van der Waals surface area contributed by atoms with Crippen LogP contribution < -0.4 is 5.32 Å². The van der Waals surface area contributed by atoms with Crippen molar-refractivity contribution in [3.8, 4) is 0 Å². The summed E-state index contributed by atoms with van der Waals surface area (Å²) in [5.41, 5.74) is -0.830. The molecule has 2 rings (SSSR count). The van der Waals surface area contributed by atoms with Crippen LogP contribution in [0, 0.1) is 5.92 Å². The molecule has 0 radical (unpaired) electrons. The topological polar surface area (TPSA) is 58.6 Å². The Morgan fingerprint density at radius 2 is 1.89 bits per heavy atom. The van der Waals surface area contributed by atoms with Crippen LogP contribution >= 0.6 is 0 Å². The lowest BCUT2D eigenvalue weighted by atomic mass is 9.89. The Hall–Kier alpha value is -0.610. The van der Waals surface area contributed by atoms with Crippen LogP contribution in [-0.2, 0) is 9.53 Å². The van der Waals surface area contributed by atoms with Gasteiger partial charge in [0, 0.05) is 12.6 Å². The first-order valence-corrected chi connectivity index (χ1v) is 7.62. The fourth-order valence-electron chi connectivity index (χ4n) is 2.74. The first kappa shape index (κ1) is 14.8. The van der Waals surface area contributed by atoms with Gasteiger partial charge in [0.1, 0.15) is 5.54 Å². The molecule has 0 aliphatic heterocycles. The van der Waals surface area contributed by atoms with E-state index >= 15 is 0 Å². The molecule has 0 heterocycles. The molecule has 2 saturated carbocycles. The fourth-order valence-corrected chi connectivity index (χ4v) is 2.74. The summed E-state index contributed by atoms with van der Waals surface area (Å²) in [5.74, 6) is 0.0564. The van der Waals surface area contributed by atoms with Crippen molar-refractivity contribution in [1.29, 1.82) is 0 Å². The lowest BCUT2D eigenvalue weighted by Gasteiger charge is -2.29. The van der Waals surface area contributed by atoms with Crippen molar-refractivity contribution in [1.82, 2.24) is 5.32 Å². The number of aliphatic carboxylic acids is 1. The molecule has 4 heteroatoms. The van der Waals surface area contributed by atoms with Crippen molar-refractivity contribution >= 4 is 5.97 Å². The SMILES string of the molecule is CC1CCC(OCCC(C)(NC2CC2)C(=O)O)CC1. The lowest BCUT2D eigenvalue weighted by Crippen LogP contribution is -2.51. The van der Waals surface area contributed by atoms with Gasteiger partial charge >= 0.3 is 5.97 Å². The molecule has 1 atom stereocenters. The number of ether oxygens (including phenoxy) is 1. The fraction of sp³-hybridized carbons (Fsp3) is 0.933. The minimum absolute atomic E-state index is 0.343. The molecule has 2 aliphatic rings. The van der Waals surface area contributed by atoms with E-state index in [4.69, 9.17) is 4.74 Å². The number of rotatable bonds is 7. The first-order valence-electron chi connectivity index (χ1n) is 7.62. The van der Waals surface area contributed by atoms with Gasteiger partial charge in [0.25, 0.3) is 0 Å². The van der Waals surface area contributed by atoms with Gasteiger partial charge in [-0.2, -0.15) is 0 Å². The summed E-state index contributed by atoms with van der Waals surface area (Å²) in [6.45, 7) is 4.61. The highest BCUT2D eigenvalue weighted by Gasteiger charge is 2.38. The van der Waals surface area contributed by atoms with Crippen molar-refractivity contribution < 1.29 is 14.6 Å². The normalized spacial score (nSPS) is 30.8. The van der Waals surface area contributed by atoms with E-state index in [1.54, 1.807) is 6.92 Å². The van der Waals surface area contributed by atoms with E-state index in [1.807, 2.05) is 0 Å². The standard InChI is InChI=1S/C15H27NO3/c1-11-3-7-13(8-4-11)19-10-9-15(2,14(17)18)16-12-5-6-12/h11-13,16H,3-10H2,1-2H3,(H,17,18). The van der Waals surface area contributed by atoms with Gasteiger partial charge in [0.15, 0.2) is 0 Å². The van der Waals surface area contributed by atoms with Crippen molar-refractivity contribution in [2.75, 3.05) is 6.61 Å². The van der Waals surface area contributed by atoms with Crippen LogP contribution in [0.25, 0.3) is 0 Å². The Balaban J connectivity index is 1.71. The minimum Gasteiger partial charge on any atom is -0.480 e. The van der Waals surface area contributed by atoms with Crippen molar-refractivity contribution in [2.24, 2.45) is 5.92 Å². The molecule has 110 valence electrons. The molecule has 0 aromatic carbocycles. The van der Waals surface area contributed by atoms with Gasteiger partial charge in [-0.15, -0.1) is 0 Å². The zero-order valence-corrected chi connectivity index (χ0v) is 12.2. The summed E-state index contributed by atoms with van der Waals surface area (Å²) in [4.78, 5) is 11.4. The Morgan fingerprint density at radius 3 is 2.42 bits per heavy atom. The summed E-state index contributed by atoms with van der Waals surface area (Å²) in [5, 5.41) is 12.6. The second-order valence-electron chi connectivity index (χ2n) is 6.56. The third-order valence-electron chi connectivity index (χ3n) is 4.49. The van der Waals surface area contributed by atoms with Crippen molar-refractivity contribution in [3.05, 3.63) is 0 Å². The molecule has 0 aromatic rings. The number of nitrogens with one attached hydrogen (secondary N) is 1. The lowest BCUT2D eigenvalue weighted by molar-refractivity contribution is -0.145. The highest BCUT2D eigenvalue weighted by atomic mass is 16.5. The quantitative estimate of drug-likeness (QED) is 0.746. The Kier molecular flexibility index (Phi) is 4.85.